The van der Waals surface area contributed by atoms with Crippen LogP contribution in [0.25, 0.3) is 0 Å². The number of amides is 1. The number of hydrogen-bond donors (Lipinski definition) is 1. The summed E-state index contributed by atoms with van der Waals surface area (Å²) in [5, 5.41) is 2.77. The van der Waals surface area contributed by atoms with E-state index in [9.17, 15) is 13.2 Å². The normalized spacial score (nSPS) is 10.9. The second-order valence-electron chi connectivity index (χ2n) is 5.73. The first-order valence-electron chi connectivity index (χ1n) is 8.49. The molecule has 146 valence electrons. The lowest BCUT2D eigenvalue weighted by atomic mass is 10.2. The molecule has 0 saturated carbocycles. The van der Waals surface area contributed by atoms with Gasteiger partial charge in [0.1, 0.15) is 11.5 Å². The summed E-state index contributed by atoms with van der Waals surface area (Å²) < 4.78 is 36.3. The van der Waals surface area contributed by atoms with Gasteiger partial charge in [-0.1, -0.05) is 24.3 Å². The van der Waals surface area contributed by atoms with Gasteiger partial charge in [-0.3, -0.25) is 9.10 Å². The Balaban J connectivity index is 2.13. The molecule has 0 saturated heterocycles. The summed E-state index contributed by atoms with van der Waals surface area (Å²) in [5.41, 5.74) is 0.942. The molecule has 0 atom stereocenters. The first-order chi connectivity index (χ1) is 12.9. The van der Waals surface area contributed by atoms with E-state index < -0.39 is 10.0 Å². The second-order valence-corrected chi connectivity index (χ2v) is 7.64. The molecule has 0 spiro atoms. The van der Waals surface area contributed by atoms with Gasteiger partial charge in [0.15, 0.2) is 0 Å². The first kappa shape index (κ1) is 20.6. The van der Waals surface area contributed by atoms with Gasteiger partial charge in [-0.05, 0) is 31.2 Å². The van der Waals surface area contributed by atoms with Gasteiger partial charge in [0.25, 0.3) is 0 Å². The molecule has 0 radical (unpaired) electrons. The third-order valence-corrected chi connectivity index (χ3v) is 4.94. The van der Waals surface area contributed by atoms with Gasteiger partial charge in [0, 0.05) is 13.0 Å². The summed E-state index contributed by atoms with van der Waals surface area (Å²) in [6.07, 6.45) is 1.08. The van der Waals surface area contributed by atoms with Crippen molar-refractivity contribution >= 4 is 27.3 Å². The molecule has 1 N–H and O–H groups in total. The zero-order chi connectivity index (χ0) is 19.9. The van der Waals surface area contributed by atoms with E-state index in [4.69, 9.17) is 9.47 Å². The van der Waals surface area contributed by atoms with E-state index in [1.807, 2.05) is 13.0 Å². The molecule has 0 unspecified atom stereocenters. The van der Waals surface area contributed by atoms with Gasteiger partial charge in [-0.2, -0.15) is 0 Å². The molecule has 0 aliphatic carbocycles. The fraction of sp³-hybridized carbons (Fsp3) is 0.316. The van der Waals surface area contributed by atoms with Crippen LogP contribution in [0.15, 0.2) is 48.5 Å². The van der Waals surface area contributed by atoms with E-state index in [1.54, 1.807) is 42.5 Å². The molecule has 0 fully saturated rings. The first-order valence-corrected chi connectivity index (χ1v) is 10.3. The fourth-order valence-electron chi connectivity index (χ4n) is 2.57. The minimum Gasteiger partial charge on any atom is -0.495 e. The van der Waals surface area contributed by atoms with Gasteiger partial charge < -0.3 is 14.8 Å². The highest BCUT2D eigenvalue weighted by molar-refractivity contribution is 7.92. The van der Waals surface area contributed by atoms with E-state index >= 15 is 0 Å². The Kier molecular flexibility index (Phi) is 7.06. The zero-order valence-corrected chi connectivity index (χ0v) is 16.5. The SMILES string of the molecule is CCOc1ccccc1NC(=O)CCN(c1ccccc1OC)S(C)(=O)=O. The van der Waals surface area contributed by atoms with Crippen LogP contribution >= 0.6 is 0 Å². The molecule has 2 aromatic carbocycles. The van der Waals surface area contributed by atoms with Crippen LogP contribution < -0.4 is 19.1 Å². The van der Waals surface area contributed by atoms with Crippen LogP contribution in [0.2, 0.25) is 0 Å². The monoisotopic (exact) mass is 392 g/mol. The number of methoxy groups -OCH3 is 1. The second kappa shape index (κ2) is 9.27. The van der Waals surface area contributed by atoms with Crippen LogP contribution in [-0.4, -0.2) is 40.8 Å². The summed E-state index contributed by atoms with van der Waals surface area (Å²) in [6, 6.07) is 13.9. The number of ether oxygens (including phenoxy) is 2. The number of para-hydroxylation sites is 4. The fourth-order valence-corrected chi connectivity index (χ4v) is 3.50. The van der Waals surface area contributed by atoms with Crippen LogP contribution in [0, 0.1) is 0 Å². The van der Waals surface area contributed by atoms with Crippen molar-refractivity contribution in [1.82, 2.24) is 0 Å². The molecule has 1 amide bonds. The lowest BCUT2D eigenvalue weighted by Gasteiger charge is -2.24. The summed E-state index contributed by atoms with van der Waals surface area (Å²) >= 11 is 0. The predicted molar refractivity (Wildman–Crippen MR) is 106 cm³/mol. The van der Waals surface area contributed by atoms with Crippen molar-refractivity contribution < 1.29 is 22.7 Å². The highest BCUT2D eigenvalue weighted by Gasteiger charge is 2.22. The average molecular weight is 392 g/mol. The average Bonchev–Trinajstić information content (AvgIpc) is 2.63. The van der Waals surface area contributed by atoms with Crippen LogP contribution in [0.5, 0.6) is 11.5 Å². The van der Waals surface area contributed by atoms with Crippen molar-refractivity contribution in [2.75, 3.05) is 36.1 Å². The van der Waals surface area contributed by atoms with E-state index in [-0.39, 0.29) is 18.9 Å². The summed E-state index contributed by atoms with van der Waals surface area (Å²) in [7, 11) is -2.12. The molecular weight excluding hydrogens is 368 g/mol. The molecule has 2 aromatic rings. The lowest BCUT2D eigenvalue weighted by molar-refractivity contribution is -0.116. The Hall–Kier alpha value is -2.74. The Morgan fingerprint density at radius 3 is 2.33 bits per heavy atom. The number of benzene rings is 2. The Labute approximate surface area is 160 Å². The molecule has 0 aliphatic rings. The third kappa shape index (κ3) is 5.62. The largest absolute Gasteiger partial charge is 0.495 e. The number of carbonyl (C=O) groups excluding carboxylic acids is 1. The van der Waals surface area contributed by atoms with Crippen molar-refractivity contribution in [3.63, 3.8) is 0 Å². The minimum atomic E-state index is -3.59. The molecule has 0 aliphatic heterocycles. The molecule has 8 heteroatoms. The number of hydrogen-bond acceptors (Lipinski definition) is 5. The van der Waals surface area contributed by atoms with Crippen molar-refractivity contribution in [1.29, 1.82) is 0 Å². The van der Waals surface area contributed by atoms with E-state index in [0.29, 0.717) is 29.5 Å². The number of sulfonamides is 1. The van der Waals surface area contributed by atoms with Gasteiger partial charge in [-0.15, -0.1) is 0 Å². The molecule has 2 rings (SSSR count). The number of nitrogens with zero attached hydrogens (tertiary/aromatic N) is 1. The molecular formula is C19H24N2O5S. The van der Waals surface area contributed by atoms with E-state index in [2.05, 4.69) is 5.32 Å². The Bertz CT molecular complexity index is 883. The van der Waals surface area contributed by atoms with Crippen LogP contribution in [0.1, 0.15) is 13.3 Å². The third-order valence-electron chi connectivity index (χ3n) is 3.76. The predicted octanol–water partition coefficient (Wildman–Crippen LogP) is 2.89. The molecule has 7 nitrogen and oxygen atoms in total. The van der Waals surface area contributed by atoms with Crippen LogP contribution in [0.4, 0.5) is 11.4 Å². The molecule has 0 heterocycles. The maximum atomic E-state index is 12.4. The number of carbonyl (C=O) groups is 1. The highest BCUT2D eigenvalue weighted by Crippen LogP contribution is 2.30. The van der Waals surface area contributed by atoms with Crippen molar-refractivity contribution in [2.45, 2.75) is 13.3 Å². The minimum absolute atomic E-state index is 0.0121. The Morgan fingerprint density at radius 1 is 1.07 bits per heavy atom. The molecule has 27 heavy (non-hydrogen) atoms. The topological polar surface area (TPSA) is 84.9 Å². The summed E-state index contributed by atoms with van der Waals surface area (Å²) in [5.74, 6) is 0.675. The van der Waals surface area contributed by atoms with E-state index in [1.165, 1.54) is 11.4 Å². The number of rotatable bonds is 9. The van der Waals surface area contributed by atoms with Gasteiger partial charge in [0.05, 0.1) is 31.3 Å². The standard InChI is InChI=1S/C19H24N2O5S/c1-4-26-17-11-7-5-9-15(17)20-19(22)13-14-21(27(3,23)24)16-10-6-8-12-18(16)25-2/h5-12H,4,13-14H2,1-3H3,(H,20,22). The van der Waals surface area contributed by atoms with Gasteiger partial charge in [-0.25, -0.2) is 8.42 Å². The van der Waals surface area contributed by atoms with E-state index in [0.717, 1.165) is 6.26 Å². The van der Waals surface area contributed by atoms with Gasteiger partial charge >= 0.3 is 0 Å². The smallest absolute Gasteiger partial charge is 0.232 e. The molecule has 0 aromatic heterocycles. The van der Waals surface area contributed by atoms with Crippen molar-refractivity contribution in [3.8, 4) is 11.5 Å². The quantitative estimate of drug-likeness (QED) is 0.709. The molecule has 0 bridgehead atoms. The number of nitrogens with one attached hydrogen (secondary N) is 1. The maximum absolute atomic E-state index is 12.4. The van der Waals surface area contributed by atoms with Crippen molar-refractivity contribution in [3.05, 3.63) is 48.5 Å². The summed E-state index contributed by atoms with van der Waals surface area (Å²) in [4.78, 5) is 12.4. The number of anilines is 2. The summed E-state index contributed by atoms with van der Waals surface area (Å²) in [6.45, 7) is 2.32. The van der Waals surface area contributed by atoms with Gasteiger partial charge in [0.2, 0.25) is 15.9 Å². The maximum Gasteiger partial charge on any atom is 0.232 e. The van der Waals surface area contributed by atoms with Crippen LogP contribution in [0.3, 0.4) is 0 Å². The van der Waals surface area contributed by atoms with Crippen molar-refractivity contribution in [2.24, 2.45) is 0 Å². The Morgan fingerprint density at radius 2 is 1.70 bits per heavy atom. The zero-order valence-electron chi connectivity index (χ0n) is 15.6. The highest BCUT2D eigenvalue weighted by atomic mass is 32.2. The van der Waals surface area contributed by atoms with Crippen LogP contribution in [-0.2, 0) is 14.8 Å². The lowest BCUT2D eigenvalue weighted by Crippen LogP contribution is -2.33.